The molecule has 1 aliphatic rings. The van der Waals surface area contributed by atoms with Crippen LogP contribution in [0.4, 0.5) is 18.9 Å². The van der Waals surface area contributed by atoms with E-state index in [1.165, 1.54) is 24.3 Å². The molecule has 2 aromatic carbocycles. The number of hydrogen-bond donors (Lipinski definition) is 3. The second-order valence-electron chi connectivity index (χ2n) is 7.80. The molecule has 6 nitrogen and oxygen atoms in total. The van der Waals surface area contributed by atoms with Crippen molar-refractivity contribution in [3.8, 4) is 0 Å². The van der Waals surface area contributed by atoms with Gasteiger partial charge in [-0.2, -0.15) is 13.2 Å². The highest BCUT2D eigenvalue weighted by Crippen LogP contribution is 2.43. The van der Waals surface area contributed by atoms with E-state index < -0.39 is 38.8 Å². The molecule has 0 fully saturated rings. The summed E-state index contributed by atoms with van der Waals surface area (Å²) in [6, 6.07) is 7.34. The van der Waals surface area contributed by atoms with Gasteiger partial charge in [-0.3, -0.25) is 4.79 Å². The molecule has 3 rings (SSSR count). The first kappa shape index (κ1) is 21.3. The van der Waals surface area contributed by atoms with Crippen LogP contribution in [-0.2, 0) is 26.6 Å². The lowest BCUT2D eigenvalue weighted by atomic mass is 9.87. The molecule has 2 aromatic rings. The molecule has 0 saturated heterocycles. The Bertz CT molecular complexity index is 1070. The minimum atomic E-state index is -4.65. The Labute approximate surface area is 165 Å². The molecule has 156 valence electrons. The number of alkyl halides is 3. The maximum atomic E-state index is 13.1. The van der Waals surface area contributed by atoms with Gasteiger partial charge in [0.15, 0.2) is 5.60 Å². The number of carbonyl (C=O) groups excluding carboxylic acids is 1. The molecule has 1 atom stereocenters. The normalized spacial score (nSPS) is 19.8. The number of carbonyl (C=O) groups is 1. The lowest BCUT2D eigenvalue weighted by molar-refractivity contribution is -0.138. The predicted octanol–water partition coefficient (Wildman–Crippen LogP) is 2.97. The Kier molecular flexibility index (Phi) is 4.80. The molecule has 3 N–H and O–H groups in total. The number of anilines is 1. The summed E-state index contributed by atoms with van der Waals surface area (Å²) < 4.78 is 66.5. The quantitative estimate of drug-likeness (QED) is 0.701. The van der Waals surface area contributed by atoms with Crippen molar-refractivity contribution < 1.29 is 31.5 Å². The van der Waals surface area contributed by atoms with Gasteiger partial charge in [-0.1, -0.05) is 12.1 Å². The van der Waals surface area contributed by atoms with Gasteiger partial charge in [0.05, 0.1) is 10.5 Å². The monoisotopic (exact) mass is 428 g/mol. The maximum Gasteiger partial charge on any atom is 0.416 e. The van der Waals surface area contributed by atoms with Gasteiger partial charge in [-0.25, -0.2) is 13.1 Å². The van der Waals surface area contributed by atoms with Gasteiger partial charge in [0, 0.05) is 16.8 Å². The van der Waals surface area contributed by atoms with Crippen LogP contribution in [0.2, 0.25) is 0 Å². The van der Waals surface area contributed by atoms with E-state index in [2.05, 4.69) is 10.0 Å². The Hall–Kier alpha value is -2.43. The Balaban J connectivity index is 2.05. The number of benzene rings is 2. The third-order valence-corrected chi connectivity index (χ3v) is 6.11. The number of halogens is 3. The van der Waals surface area contributed by atoms with Gasteiger partial charge in [-0.05, 0) is 56.7 Å². The highest BCUT2D eigenvalue weighted by Gasteiger charge is 2.48. The first-order valence-corrected chi connectivity index (χ1v) is 10.0. The minimum absolute atomic E-state index is 0.0524. The van der Waals surface area contributed by atoms with Crippen molar-refractivity contribution in [2.24, 2.45) is 0 Å². The zero-order chi connectivity index (χ0) is 21.8. The molecule has 1 unspecified atom stereocenters. The molecule has 1 heterocycles. The number of fused-ring (bicyclic) bond motifs is 1. The fourth-order valence-electron chi connectivity index (χ4n) is 3.09. The minimum Gasteiger partial charge on any atom is -0.372 e. The zero-order valence-corrected chi connectivity index (χ0v) is 16.6. The third kappa shape index (κ3) is 3.87. The predicted molar refractivity (Wildman–Crippen MR) is 99.6 cm³/mol. The first-order chi connectivity index (χ1) is 13.1. The molecule has 1 amide bonds. The SMILES string of the molecule is CC(C)(C)NS(=O)(=O)c1ccc(C2(O)C(=O)Nc3ccc(C(F)(F)F)cc32)cc1. The third-order valence-electron chi connectivity index (χ3n) is 4.34. The summed E-state index contributed by atoms with van der Waals surface area (Å²) in [5.41, 5.74) is -4.37. The van der Waals surface area contributed by atoms with Crippen molar-refractivity contribution in [1.29, 1.82) is 0 Å². The van der Waals surface area contributed by atoms with Gasteiger partial charge in [0.1, 0.15) is 0 Å². The first-order valence-electron chi connectivity index (χ1n) is 8.55. The number of amides is 1. The van der Waals surface area contributed by atoms with Crippen LogP contribution in [0.15, 0.2) is 47.4 Å². The van der Waals surface area contributed by atoms with Crippen molar-refractivity contribution in [1.82, 2.24) is 4.72 Å². The lowest BCUT2D eigenvalue weighted by Crippen LogP contribution is -2.40. The van der Waals surface area contributed by atoms with E-state index in [4.69, 9.17) is 0 Å². The molecule has 0 aliphatic carbocycles. The molecular weight excluding hydrogens is 409 g/mol. The topological polar surface area (TPSA) is 95.5 Å². The van der Waals surface area contributed by atoms with Crippen LogP contribution in [0.5, 0.6) is 0 Å². The standard InChI is InChI=1S/C19H19F3N2O4S/c1-17(2,3)24-29(27,28)13-7-4-11(5-8-13)18(26)14-10-12(19(20,21)22)6-9-15(14)23-16(18)25/h4-10,24,26H,1-3H3,(H,23,25). The van der Waals surface area contributed by atoms with E-state index in [9.17, 15) is 31.5 Å². The second-order valence-corrected chi connectivity index (χ2v) is 9.48. The van der Waals surface area contributed by atoms with Crippen LogP contribution in [0.3, 0.4) is 0 Å². The molecule has 0 saturated carbocycles. The van der Waals surface area contributed by atoms with Crippen molar-refractivity contribution in [2.75, 3.05) is 5.32 Å². The van der Waals surface area contributed by atoms with E-state index in [1.54, 1.807) is 20.8 Å². The van der Waals surface area contributed by atoms with E-state index in [0.29, 0.717) is 6.07 Å². The summed E-state index contributed by atoms with van der Waals surface area (Å²) in [7, 11) is -3.86. The van der Waals surface area contributed by atoms with Gasteiger partial charge >= 0.3 is 6.18 Å². The molecule has 0 aromatic heterocycles. The molecule has 0 bridgehead atoms. The van der Waals surface area contributed by atoms with Gasteiger partial charge < -0.3 is 10.4 Å². The number of rotatable bonds is 3. The van der Waals surface area contributed by atoms with E-state index >= 15 is 0 Å². The fraction of sp³-hybridized carbons (Fsp3) is 0.316. The average Bonchev–Trinajstić information content (AvgIpc) is 2.83. The summed E-state index contributed by atoms with van der Waals surface area (Å²) in [5, 5.41) is 13.4. The Morgan fingerprint density at radius 3 is 2.14 bits per heavy atom. The number of nitrogens with one attached hydrogen (secondary N) is 2. The van der Waals surface area contributed by atoms with Crippen molar-refractivity contribution in [3.05, 3.63) is 59.2 Å². The van der Waals surface area contributed by atoms with Crippen LogP contribution in [0, 0.1) is 0 Å². The fourth-order valence-corrected chi connectivity index (χ4v) is 4.51. The van der Waals surface area contributed by atoms with Crippen LogP contribution < -0.4 is 10.0 Å². The molecule has 10 heteroatoms. The highest BCUT2D eigenvalue weighted by atomic mass is 32.2. The van der Waals surface area contributed by atoms with Crippen molar-refractivity contribution in [2.45, 2.75) is 43.0 Å². The van der Waals surface area contributed by atoms with Crippen LogP contribution in [0.1, 0.15) is 37.5 Å². The van der Waals surface area contributed by atoms with E-state index in [1.807, 2.05) is 0 Å². The Morgan fingerprint density at radius 1 is 1.03 bits per heavy atom. The second kappa shape index (κ2) is 6.54. The van der Waals surface area contributed by atoms with E-state index in [-0.39, 0.29) is 21.7 Å². The molecule has 0 radical (unpaired) electrons. The summed E-state index contributed by atoms with van der Waals surface area (Å²) >= 11 is 0. The average molecular weight is 428 g/mol. The van der Waals surface area contributed by atoms with Crippen LogP contribution >= 0.6 is 0 Å². The lowest BCUT2D eigenvalue weighted by Gasteiger charge is -2.23. The van der Waals surface area contributed by atoms with Crippen molar-refractivity contribution >= 4 is 21.6 Å². The van der Waals surface area contributed by atoms with Gasteiger partial charge in [0.2, 0.25) is 10.0 Å². The highest BCUT2D eigenvalue weighted by molar-refractivity contribution is 7.89. The summed E-state index contributed by atoms with van der Waals surface area (Å²) in [5.74, 6) is -0.921. The van der Waals surface area contributed by atoms with Gasteiger partial charge in [0.25, 0.3) is 5.91 Å². The molecule has 29 heavy (non-hydrogen) atoms. The zero-order valence-electron chi connectivity index (χ0n) is 15.8. The molecule has 0 spiro atoms. The van der Waals surface area contributed by atoms with E-state index in [0.717, 1.165) is 12.1 Å². The summed E-state index contributed by atoms with van der Waals surface area (Å²) in [6.45, 7) is 5.00. The number of aliphatic hydroxyl groups is 1. The number of sulfonamides is 1. The van der Waals surface area contributed by atoms with Gasteiger partial charge in [-0.15, -0.1) is 0 Å². The van der Waals surface area contributed by atoms with Crippen molar-refractivity contribution in [3.63, 3.8) is 0 Å². The molecular formula is C19H19F3N2O4S. The maximum absolute atomic E-state index is 13.1. The Morgan fingerprint density at radius 2 is 1.62 bits per heavy atom. The van der Waals surface area contributed by atoms with Crippen LogP contribution in [-0.4, -0.2) is 25.0 Å². The summed E-state index contributed by atoms with van der Waals surface area (Å²) in [4.78, 5) is 12.3. The smallest absolute Gasteiger partial charge is 0.372 e. The molecule has 1 aliphatic heterocycles. The number of hydrogen-bond acceptors (Lipinski definition) is 4. The van der Waals surface area contributed by atoms with Crippen LogP contribution in [0.25, 0.3) is 0 Å². The summed E-state index contributed by atoms with van der Waals surface area (Å²) in [6.07, 6.45) is -4.65. The largest absolute Gasteiger partial charge is 0.416 e.